The maximum Gasteiger partial charge on any atom is 0.274 e. The van der Waals surface area contributed by atoms with Crippen LogP contribution in [0.1, 0.15) is 53.6 Å². The number of nitrogens with one attached hydrogen (secondary N) is 1. The van der Waals surface area contributed by atoms with Gasteiger partial charge in [-0.2, -0.15) is 5.10 Å². The van der Waals surface area contributed by atoms with Crippen molar-refractivity contribution in [1.29, 1.82) is 0 Å². The summed E-state index contributed by atoms with van der Waals surface area (Å²) in [5.41, 5.74) is 4.95. The molecular formula is C23H27N3O3S. The first-order chi connectivity index (χ1) is 14.3. The highest BCUT2D eigenvalue weighted by Gasteiger charge is 2.29. The van der Waals surface area contributed by atoms with E-state index in [0.717, 1.165) is 46.9 Å². The number of carbonyl (C=O) groups is 1. The maximum absolute atomic E-state index is 12.9. The van der Waals surface area contributed by atoms with Crippen molar-refractivity contribution in [3.05, 3.63) is 53.1 Å². The first-order valence-corrected chi connectivity index (χ1v) is 12.3. The van der Waals surface area contributed by atoms with Gasteiger partial charge in [0, 0.05) is 17.5 Å². The number of rotatable bonds is 5. The van der Waals surface area contributed by atoms with Gasteiger partial charge in [0.05, 0.1) is 12.8 Å². The monoisotopic (exact) mass is 425 g/mol. The molecule has 0 aromatic heterocycles. The second kappa shape index (κ2) is 8.22. The predicted molar refractivity (Wildman–Crippen MR) is 120 cm³/mol. The van der Waals surface area contributed by atoms with Crippen LogP contribution >= 0.6 is 0 Å². The van der Waals surface area contributed by atoms with Crippen LogP contribution in [-0.2, 0) is 16.6 Å². The first-order valence-electron chi connectivity index (χ1n) is 10.4. The number of hydrazone groups is 1. The lowest BCUT2D eigenvalue weighted by Crippen LogP contribution is -2.19. The molecule has 1 aliphatic heterocycles. The van der Waals surface area contributed by atoms with E-state index >= 15 is 0 Å². The van der Waals surface area contributed by atoms with Crippen molar-refractivity contribution in [2.75, 3.05) is 11.0 Å². The minimum Gasteiger partial charge on any atom is -0.284 e. The molecule has 0 spiro atoms. The van der Waals surface area contributed by atoms with Gasteiger partial charge in [0.25, 0.3) is 5.91 Å². The molecule has 0 unspecified atom stereocenters. The van der Waals surface area contributed by atoms with Crippen molar-refractivity contribution in [2.24, 2.45) is 11.0 Å². The summed E-state index contributed by atoms with van der Waals surface area (Å²) in [6.45, 7) is 2.40. The molecule has 0 atom stereocenters. The fraction of sp³-hybridized carbons (Fsp3) is 0.391. The van der Waals surface area contributed by atoms with Crippen LogP contribution in [0.3, 0.4) is 0 Å². The average Bonchev–Trinajstić information content (AvgIpc) is 3.02. The van der Waals surface area contributed by atoms with Crippen LogP contribution in [-0.4, -0.2) is 31.8 Å². The summed E-state index contributed by atoms with van der Waals surface area (Å²) in [6.07, 6.45) is 9.16. The molecule has 1 heterocycles. The Balaban J connectivity index is 1.58. The van der Waals surface area contributed by atoms with Crippen LogP contribution in [0.4, 0.5) is 5.69 Å². The standard InChI is InChI=1S/C23H27N3O3S/c1-16-11-19(18-9-6-10-21(13-18)25-30(2,28)29)12-20-15-26(23(27)22(16)20)24-14-17-7-4-3-5-8-17/h6,9-14,17,25H,3-5,7-8,15H2,1-2H3/b24-14+. The molecule has 1 N–H and O–H groups in total. The molecule has 7 heteroatoms. The summed E-state index contributed by atoms with van der Waals surface area (Å²) in [4.78, 5) is 12.9. The number of sulfonamides is 1. The van der Waals surface area contributed by atoms with Crippen LogP contribution in [0.5, 0.6) is 0 Å². The Kier molecular flexibility index (Phi) is 5.64. The molecule has 2 aromatic rings. The number of amides is 1. The highest BCUT2D eigenvalue weighted by atomic mass is 32.2. The number of aryl methyl sites for hydroxylation is 1. The summed E-state index contributed by atoms with van der Waals surface area (Å²) in [5.74, 6) is 0.422. The number of hydrogen-bond acceptors (Lipinski definition) is 4. The van der Waals surface area contributed by atoms with E-state index in [1.54, 1.807) is 17.1 Å². The van der Waals surface area contributed by atoms with Crippen LogP contribution in [0, 0.1) is 12.8 Å². The van der Waals surface area contributed by atoms with Crippen molar-refractivity contribution in [3.63, 3.8) is 0 Å². The van der Waals surface area contributed by atoms with Crippen LogP contribution in [0.15, 0.2) is 41.5 Å². The van der Waals surface area contributed by atoms with E-state index in [4.69, 9.17) is 0 Å². The number of fused-ring (bicyclic) bond motifs is 1. The van der Waals surface area contributed by atoms with E-state index in [2.05, 4.69) is 9.82 Å². The smallest absolute Gasteiger partial charge is 0.274 e. The van der Waals surface area contributed by atoms with Crippen LogP contribution < -0.4 is 4.72 Å². The van der Waals surface area contributed by atoms with Gasteiger partial charge < -0.3 is 0 Å². The third-order valence-electron chi connectivity index (χ3n) is 5.75. The molecule has 1 saturated carbocycles. The second-order valence-corrected chi connectivity index (χ2v) is 10.1. The molecule has 1 fully saturated rings. The average molecular weight is 426 g/mol. The minimum absolute atomic E-state index is 0.0476. The molecule has 2 aromatic carbocycles. The van der Waals surface area contributed by atoms with E-state index < -0.39 is 10.0 Å². The molecule has 2 aliphatic rings. The Morgan fingerprint density at radius 1 is 1.10 bits per heavy atom. The van der Waals surface area contributed by atoms with Crippen molar-refractivity contribution in [1.82, 2.24) is 5.01 Å². The largest absolute Gasteiger partial charge is 0.284 e. The quantitative estimate of drug-likeness (QED) is 0.714. The summed E-state index contributed by atoms with van der Waals surface area (Å²) < 4.78 is 25.6. The lowest BCUT2D eigenvalue weighted by Gasteiger charge is -2.18. The van der Waals surface area contributed by atoms with Crippen molar-refractivity contribution < 1.29 is 13.2 Å². The zero-order valence-corrected chi connectivity index (χ0v) is 18.2. The molecule has 4 rings (SSSR count). The molecule has 1 aliphatic carbocycles. The van der Waals surface area contributed by atoms with Crippen molar-refractivity contribution in [2.45, 2.75) is 45.6 Å². The van der Waals surface area contributed by atoms with Gasteiger partial charge in [-0.1, -0.05) is 37.5 Å². The van der Waals surface area contributed by atoms with E-state index in [9.17, 15) is 13.2 Å². The summed E-state index contributed by atoms with van der Waals surface area (Å²) in [7, 11) is -3.34. The SMILES string of the molecule is Cc1cc(-c2cccc(NS(C)(=O)=O)c2)cc2c1C(=O)N(/N=C/C1CCCCC1)C2. The van der Waals surface area contributed by atoms with Gasteiger partial charge in [-0.25, -0.2) is 13.4 Å². The zero-order valence-electron chi connectivity index (χ0n) is 17.4. The second-order valence-electron chi connectivity index (χ2n) is 8.31. The van der Waals surface area contributed by atoms with Gasteiger partial charge >= 0.3 is 0 Å². The number of carbonyl (C=O) groups excluding carboxylic acids is 1. The molecule has 6 nitrogen and oxygen atoms in total. The third kappa shape index (κ3) is 4.56. The van der Waals surface area contributed by atoms with Crippen LogP contribution in [0.2, 0.25) is 0 Å². The van der Waals surface area contributed by atoms with Crippen molar-refractivity contribution >= 4 is 27.8 Å². The lowest BCUT2D eigenvalue weighted by atomic mass is 9.90. The van der Waals surface area contributed by atoms with Crippen molar-refractivity contribution in [3.8, 4) is 11.1 Å². The third-order valence-corrected chi connectivity index (χ3v) is 6.36. The Hall–Kier alpha value is -2.67. The maximum atomic E-state index is 12.9. The molecule has 158 valence electrons. The fourth-order valence-corrected chi connectivity index (χ4v) is 4.90. The lowest BCUT2D eigenvalue weighted by molar-refractivity contribution is 0.0783. The Labute approximate surface area is 178 Å². The predicted octanol–water partition coefficient (Wildman–Crippen LogP) is 4.56. The zero-order chi connectivity index (χ0) is 21.3. The van der Waals surface area contributed by atoms with Gasteiger partial charge in [-0.3, -0.25) is 9.52 Å². The van der Waals surface area contributed by atoms with Gasteiger partial charge in [-0.05, 0) is 66.1 Å². The molecule has 30 heavy (non-hydrogen) atoms. The number of anilines is 1. The molecule has 0 radical (unpaired) electrons. The normalized spacial score (nSPS) is 17.5. The topological polar surface area (TPSA) is 78.8 Å². The molecule has 0 bridgehead atoms. The van der Waals surface area contributed by atoms with Crippen LogP contribution in [0.25, 0.3) is 11.1 Å². The van der Waals surface area contributed by atoms with Gasteiger partial charge in [-0.15, -0.1) is 0 Å². The first kappa shape index (κ1) is 20.6. The Morgan fingerprint density at radius 2 is 1.87 bits per heavy atom. The van der Waals surface area contributed by atoms with E-state index in [0.29, 0.717) is 18.2 Å². The minimum atomic E-state index is -3.34. The number of nitrogens with zero attached hydrogens (tertiary/aromatic N) is 2. The van der Waals surface area contributed by atoms with Gasteiger partial charge in [0.15, 0.2) is 0 Å². The summed E-state index contributed by atoms with van der Waals surface area (Å²) >= 11 is 0. The fourth-order valence-electron chi connectivity index (χ4n) is 4.35. The van der Waals surface area contributed by atoms with E-state index in [1.807, 2.05) is 37.4 Å². The number of benzene rings is 2. The van der Waals surface area contributed by atoms with Gasteiger partial charge in [0.2, 0.25) is 10.0 Å². The van der Waals surface area contributed by atoms with E-state index in [1.165, 1.54) is 19.3 Å². The highest BCUT2D eigenvalue weighted by molar-refractivity contribution is 7.92. The molecule has 1 amide bonds. The number of hydrogen-bond donors (Lipinski definition) is 1. The summed E-state index contributed by atoms with van der Waals surface area (Å²) in [6, 6.07) is 11.3. The van der Waals surface area contributed by atoms with E-state index in [-0.39, 0.29) is 5.91 Å². The summed E-state index contributed by atoms with van der Waals surface area (Å²) in [5, 5.41) is 6.09. The Morgan fingerprint density at radius 3 is 2.60 bits per heavy atom. The highest BCUT2D eigenvalue weighted by Crippen LogP contribution is 2.33. The molecular weight excluding hydrogens is 398 g/mol. The Bertz CT molecular complexity index is 1100. The molecule has 0 saturated heterocycles. The van der Waals surface area contributed by atoms with Gasteiger partial charge in [0.1, 0.15) is 0 Å².